The van der Waals surface area contributed by atoms with Gasteiger partial charge < -0.3 is 9.73 Å². The zero-order valence-electron chi connectivity index (χ0n) is 10.0. The first-order valence-corrected chi connectivity index (χ1v) is 5.73. The monoisotopic (exact) mass is 247 g/mol. The summed E-state index contributed by atoms with van der Waals surface area (Å²) >= 11 is 0. The van der Waals surface area contributed by atoms with Gasteiger partial charge in [0.2, 0.25) is 0 Å². The van der Waals surface area contributed by atoms with Gasteiger partial charge in [0, 0.05) is 6.04 Å². The zero-order valence-corrected chi connectivity index (χ0v) is 10.0. The summed E-state index contributed by atoms with van der Waals surface area (Å²) in [6.45, 7) is 1.87. The second kappa shape index (κ2) is 5.49. The van der Waals surface area contributed by atoms with Crippen LogP contribution in [0.2, 0.25) is 0 Å². The first kappa shape index (κ1) is 12.4. The fourth-order valence-electron chi connectivity index (χ4n) is 1.76. The number of nitrogens with one attached hydrogen (secondary N) is 1. The van der Waals surface area contributed by atoms with E-state index in [1.165, 1.54) is 12.1 Å². The Kier molecular flexibility index (Phi) is 3.77. The van der Waals surface area contributed by atoms with Gasteiger partial charge in [-0.25, -0.2) is 4.39 Å². The van der Waals surface area contributed by atoms with Crippen LogP contribution in [-0.2, 0) is 6.42 Å². The number of hydrogen-bond acceptors (Lipinski definition) is 2. The summed E-state index contributed by atoms with van der Waals surface area (Å²) in [7, 11) is 0. The molecule has 1 unspecified atom stereocenters. The summed E-state index contributed by atoms with van der Waals surface area (Å²) in [4.78, 5) is 11.8. The summed E-state index contributed by atoms with van der Waals surface area (Å²) in [6, 6.07) is 7.69. The van der Waals surface area contributed by atoms with Crippen molar-refractivity contribution in [1.82, 2.24) is 5.32 Å². The molecule has 94 valence electrons. The summed E-state index contributed by atoms with van der Waals surface area (Å²) < 4.78 is 18.3. The minimum atomic E-state index is -0.509. The third-order valence-electron chi connectivity index (χ3n) is 2.62. The molecule has 0 saturated carbocycles. The van der Waals surface area contributed by atoms with Crippen molar-refractivity contribution in [2.45, 2.75) is 19.4 Å². The number of carbonyl (C=O) groups excluding carboxylic acids is 1. The predicted molar refractivity (Wildman–Crippen MR) is 65.7 cm³/mol. The fraction of sp³-hybridized carbons (Fsp3) is 0.214. The number of carbonyl (C=O) groups is 1. The van der Waals surface area contributed by atoms with Crippen LogP contribution >= 0.6 is 0 Å². The maximum atomic E-state index is 13.4. The van der Waals surface area contributed by atoms with E-state index < -0.39 is 11.7 Å². The van der Waals surface area contributed by atoms with Crippen molar-refractivity contribution in [1.29, 1.82) is 0 Å². The van der Waals surface area contributed by atoms with Crippen LogP contribution in [0.15, 0.2) is 47.3 Å². The van der Waals surface area contributed by atoms with Crippen LogP contribution in [0.4, 0.5) is 4.39 Å². The Morgan fingerprint density at radius 2 is 2.17 bits per heavy atom. The van der Waals surface area contributed by atoms with Gasteiger partial charge in [-0.1, -0.05) is 12.1 Å². The molecule has 0 radical (unpaired) electrons. The molecule has 0 bridgehead atoms. The van der Waals surface area contributed by atoms with E-state index in [1.807, 2.05) is 13.0 Å². The first-order valence-electron chi connectivity index (χ1n) is 5.73. The number of rotatable bonds is 4. The van der Waals surface area contributed by atoms with Crippen molar-refractivity contribution in [2.75, 3.05) is 0 Å². The molecule has 0 fully saturated rings. The smallest absolute Gasteiger partial charge is 0.254 e. The van der Waals surface area contributed by atoms with E-state index in [1.54, 1.807) is 24.7 Å². The van der Waals surface area contributed by atoms with Crippen LogP contribution in [-0.4, -0.2) is 11.9 Å². The third kappa shape index (κ3) is 2.97. The lowest BCUT2D eigenvalue weighted by Gasteiger charge is -2.13. The minimum absolute atomic E-state index is 0.0662. The average Bonchev–Trinajstić information content (AvgIpc) is 2.82. The fourth-order valence-corrected chi connectivity index (χ4v) is 1.76. The summed E-state index contributed by atoms with van der Waals surface area (Å²) in [5, 5.41) is 2.75. The van der Waals surface area contributed by atoms with E-state index in [-0.39, 0.29) is 11.6 Å². The first-order chi connectivity index (χ1) is 8.66. The van der Waals surface area contributed by atoms with E-state index in [9.17, 15) is 9.18 Å². The van der Waals surface area contributed by atoms with Crippen molar-refractivity contribution in [2.24, 2.45) is 0 Å². The minimum Gasteiger partial charge on any atom is -0.472 e. The molecule has 0 saturated heterocycles. The van der Waals surface area contributed by atoms with Crippen molar-refractivity contribution < 1.29 is 13.6 Å². The van der Waals surface area contributed by atoms with Crippen LogP contribution in [0, 0.1) is 5.82 Å². The number of furan rings is 1. The van der Waals surface area contributed by atoms with Crippen molar-refractivity contribution in [3.8, 4) is 0 Å². The van der Waals surface area contributed by atoms with Crippen LogP contribution in [0.3, 0.4) is 0 Å². The zero-order chi connectivity index (χ0) is 13.0. The Hall–Kier alpha value is -2.10. The van der Waals surface area contributed by atoms with Crippen LogP contribution in [0.25, 0.3) is 0 Å². The number of halogens is 1. The van der Waals surface area contributed by atoms with Crippen molar-refractivity contribution in [3.63, 3.8) is 0 Å². The Bertz CT molecular complexity index is 522. The molecule has 1 N–H and O–H groups in total. The SMILES string of the molecule is CC(Cc1ccoc1)NC(=O)c1ccccc1F. The molecule has 2 aromatic rings. The molecule has 0 aliphatic heterocycles. The molecule has 2 rings (SSSR count). The Labute approximate surface area is 105 Å². The second-order valence-electron chi connectivity index (χ2n) is 4.19. The highest BCUT2D eigenvalue weighted by atomic mass is 19.1. The Morgan fingerprint density at radius 3 is 2.83 bits per heavy atom. The van der Waals surface area contributed by atoms with Gasteiger partial charge in [-0.2, -0.15) is 0 Å². The third-order valence-corrected chi connectivity index (χ3v) is 2.62. The van der Waals surface area contributed by atoms with Crippen LogP contribution in [0.1, 0.15) is 22.8 Å². The highest BCUT2D eigenvalue weighted by Gasteiger charge is 2.13. The number of hydrogen-bond donors (Lipinski definition) is 1. The molecule has 1 amide bonds. The van der Waals surface area contributed by atoms with E-state index in [2.05, 4.69) is 5.32 Å². The van der Waals surface area contributed by atoms with Gasteiger partial charge in [-0.05, 0) is 37.1 Å². The predicted octanol–water partition coefficient (Wildman–Crippen LogP) is 2.78. The molecule has 3 nitrogen and oxygen atoms in total. The lowest BCUT2D eigenvalue weighted by molar-refractivity contribution is 0.0936. The molecule has 4 heteroatoms. The molecule has 1 heterocycles. The van der Waals surface area contributed by atoms with Crippen molar-refractivity contribution in [3.05, 3.63) is 59.8 Å². The van der Waals surface area contributed by atoms with E-state index in [0.717, 1.165) is 5.56 Å². The normalized spacial score (nSPS) is 12.1. The molecular weight excluding hydrogens is 233 g/mol. The largest absolute Gasteiger partial charge is 0.472 e. The van der Waals surface area contributed by atoms with Crippen LogP contribution in [0.5, 0.6) is 0 Å². The molecule has 1 aromatic heterocycles. The molecule has 0 aliphatic rings. The maximum Gasteiger partial charge on any atom is 0.254 e. The molecule has 0 spiro atoms. The molecule has 18 heavy (non-hydrogen) atoms. The lowest BCUT2D eigenvalue weighted by atomic mass is 10.1. The summed E-state index contributed by atoms with van der Waals surface area (Å²) in [5.74, 6) is -0.908. The lowest BCUT2D eigenvalue weighted by Crippen LogP contribution is -2.34. The van der Waals surface area contributed by atoms with E-state index in [4.69, 9.17) is 4.42 Å². The van der Waals surface area contributed by atoms with Gasteiger partial charge >= 0.3 is 0 Å². The topological polar surface area (TPSA) is 42.2 Å². The van der Waals surface area contributed by atoms with Gasteiger partial charge in [0.15, 0.2) is 0 Å². The molecule has 1 aromatic carbocycles. The summed E-state index contributed by atoms with van der Waals surface area (Å²) in [6.07, 6.45) is 3.86. The van der Waals surface area contributed by atoms with Crippen LogP contribution < -0.4 is 5.32 Å². The Balaban J connectivity index is 1.97. The molecular formula is C14H14FNO2. The standard InChI is InChI=1S/C14H14FNO2/c1-10(8-11-6-7-18-9-11)16-14(17)12-4-2-3-5-13(12)15/h2-7,9-10H,8H2,1H3,(H,16,17). The maximum absolute atomic E-state index is 13.4. The second-order valence-corrected chi connectivity index (χ2v) is 4.19. The summed E-state index contributed by atoms with van der Waals surface area (Å²) in [5.41, 5.74) is 1.06. The van der Waals surface area contributed by atoms with E-state index in [0.29, 0.717) is 6.42 Å². The van der Waals surface area contributed by atoms with Gasteiger partial charge in [0.05, 0.1) is 18.1 Å². The number of benzene rings is 1. The van der Waals surface area contributed by atoms with Gasteiger partial charge in [0.1, 0.15) is 5.82 Å². The average molecular weight is 247 g/mol. The van der Waals surface area contributed by atoms with Gasteiger partial charge in [-0.15, -0.1) is 0 Å². The number of amides is 1. The van der Waals surface area contributed by atoms with Crippen molar-refractivity contribution >= 4 is 5.91 Å². The Morgan fingerprint density at radius 1 is 1.39 bits per heavy atom. The van der Waals surface area contributed by atoms with E-state index >= 15 is 0 Å². The van der Waals surface area contributed by atoms with Gasteiger partial charge in [0.25, 0.3) is 5.91 Å². The highest BCUT2D eigenvalue weighted by molar-refractivity contribution is 5.94. The highest BCUT2D eigenvalue weighted by Crippen LogP contribution is 2.08. The molecule has 1 atom stereocenters. The quantitative estimate of drug-likeness (QED) is 0.902. The van der Waals surface area contributed by atoms with Gasteiger partial charge in [-0.3, -0.25) is 4.79 Å². The molecule has 0 aliphatic carbocycles.